The number of nitrogens with one attached hydrogen (secondary N) is 1. The van der Waals surface area contributed by atoms with Crippen molar-refractivity contribution >= 4 is 24.0 Å². The molecule has 2 rings (SSSR count). The fraction of sp³-hybridized carbons (Fsp3) is 0.333. The Balaban J connectivity index is 2.41. The van der Waals surface area contributed by atoms with Crippen molar-refractivity contribution in [2.45, 2.75) is 18.0 Å². The largest absolute Gasteiger partial charge is 0.398 e. The van der Waals surface area contributed by atoms with Gasteiger partial charge in [0.25, 0.3) is 0 Å². The summed E-state index contributed by atoms with van der Waals surface area (Å²) in [5.74, 6) is -1.40. The summed E-state index contributed by atoms with van der Waals surface area (Å²) in [6.45, 7) is 1.56. The first-order valence-electron chi connectivity index (χ1n) is 5.80. The van der Waals surface area contributed by atoms with Gasteiger partial charge in [0.05, 0.1) is 11.3 Å². The lowest BCUT2D eigenvalue weighted by molar-refractivity contribution is -0.105. The molecule has 0 saturated heterocycles. The van der Waals surface area contributed by atoms with E-state index in [0.29, 0.717) is 22.2 Å². The minimum absolute atomic E-state index is 0.0944. The van der Waals surface area contributed by atoms with Crippen LogP contribution in [-0.4, -0.2) is 26.7 Å². The van der Waals surface area contributed by atoms with Crippen LogP contribution in [0.1, 0.15) is 5.56 Å². The summed E-state index contributed by atoms with van der Waals surface area (Å²) in [6.07, 6.45) is -4.28. The molecule has 0 saturated carbocycles. The van der Waals surface area contributed by atoms with E-state index >= 15 is 0 Å². The van der Waals surface area contributed by atoms with Crippen LogP contribution in [0.25, 0.3) is 11.4 Å². The topological polar surface area (TPSA) is 33.6 Å². The third kappa shape index (κ3) is 3.85. The number of rotatable bonds is 3. The van der Waals surface area contributed by atoms with Gasteiger partial charge in [-0.1, -0.05) is 0 Å². The number of nitrogens with zero attached hydrogens (tertiary/aromatic N) is 2. The highest BCUT2D eigenvalue weighted by molar-refractivity contribution is 7.99. The van der Waals surface area contributed by atoms with Gasteiger partial charge in [-0.25, -0.2) is 4.39 Å². The maximum atomic E-state index is 14.0. The highest BCUT2D eigenvalue weighted by Crippen LogP contribution is 2.33. The molecular formula is C12H11F4N3S2. The zero-order valence-corrected chi connectivity index (χ0v) is 12.7. The van der Waals surface area contributed by atoms with Crippen molar-refractivity contribution in [3.8, 4) is 11.4 Å². The molecule has 9 heteroatoms. The molecule has 0 aliphatic carbocycles. The van der Waals surface area contributed by atoms with Gasteiger partial charge in [-0.15, -0.1) is 11.8 Å². The van der Waals surface area contributed by atoms with E-state index < -0.39 is 17.7 Å². The summed E-state index contributed by atoms with van der Waals surface area (Å²) < 4.78 is 52.6. The Morgan fingerprint density at radius 3 is 2.57 bits per heavy atom. The molecule has 3 nitrogen and oxygen atoms in total. The van der Waals surface area contributed by atoms with Gasteiger partial charge in [-0.2, -0.15) is 18.2 Å². The van der Waals surface area contributed by atoms with Crippen LogP contribution in [0.15, 0.2) is 17.0 Å². The van der Waals surface area contributed by atoms with Gasteiger partial charge in [-0.05, 0) is 36.8 Å². The highest BCUT2D eigenvalue weighted by Gasteiger charge is 2.28. The first-order chi connectivity index (χ1) is 9.67. The molecule has 0 aliphatic heterocycles. The summed E-state index contributed by atoms with van der Waals surface area (Å²) in [4.78, 5) is 4.33. The predicted octanol–water partition coefficient (Wildman–Crippen LogP) is 4.25. The normalized spacial score (nSPS) is 11.9. The maximum Gasteiger partial charge on any atom is 0.398 e. The molecule has 21 heavy (non-hydrogen) atoms. The second-order valence-electron chi connectivity index (χ2n) is 4.42. The molecule has 0 unspecified atom stereocenters. The van der Waals surface area contributed by atoms with Gasteiger partial charge in [-0.3, -0.25) is 9.78 Å². The number of H-pyrrole nitrogens is 1. The third-order valence-electron chi connectivity index (χ3n) is 2.68. The Hall–Kier alpha value is -1.35. The zero-order valence-electron chi connectivity index (χ0n) is 11.1. The SMILES string of the molecule is Cc1cc(F)c(-c2nc(=S)n(C)[nH]2)cc1SCC(F)(F)F. The predicted molar refractivity (Wildman–Crippen MR) is 75.3 cm³/mol. The van der Waals surface area contributed by atoms with Crippen LogP contribution in [0, 0.1) is 17.5 Å². The lowest BCUT2D eigenvalue weighted by Crippen LogP contribution is -2.10. The summed E-state index contributed by atoms with van der Waals surface area (Å²) >= 11 is 5.54. The third-order valence-corrected chi connectivity index (χ3v) is 4.27. The van der Waals surface area contributed by atoms with Crippen molar-refractivity contribution in [2.75, 3.05) is 5.75 Å². The summed E-state index contributed by atoms with van der Waals surface area (Å²) in [6, 6.07) is 2.55. The number of benzene rings is 1. The van der Waals surface area contributed by atoms with E-state index in [1.54, 1.807) is 14.0 Å². The first-order valence-corrected chi connectivity index (χ1v) is 7.20. The van der Waals surface area contributed by atoms with Gasteiger partial charge in [0.2, 0.25) is 4.77 Å². The van der Waals surface area contributed by atoms with Gasteiger partial charge >= 0.3 is 6.18 Å². The van der Waals surface area contributed by atoms with E-state index in [4.69, 9.17) is 12.2 Å². The van der Waals surface area contributed by atoms with Crippen molar-refractivity contribution in [3.63, 3.8) is 0 Å². The van der Waals surface area contributed by atoms with Crippen LogP contribution in [-0.2, 0) is 7.05 Å². The molecule has 1 heterocycles. The van der Waals surface area contributed by atoms with E-state index in [1.807, 2.05) is 0 Å². The minimum atomic E-state index is -4.28. The number of halogens is 4. The number of alkyl halides is 3. The summed E-state index contributed by atoms with van der Waals surface area (Å²) in [5.41, 5.74) is 0.539. The molecule has 0 aliphatic rings. The Bertz CT molecular complexity index is 718. The Morgan fingerprint density at radius 2 is 2.05 bits per heavy atom. The van der Waals surface area contributed by atoms with Crippen LogP contribution >= 0.6 is 24.0 Å². The Labute approximate surface area is 127 Å². The molecule has 0 fully saturated rings. The molecule has 0 spiro atoms. The molecule has 0 radical (unpaired) electrons. The van der Waals surface area contributed by atoms with Gasteiger partial charge in [0, 0.05) is 11.9 Å². The van der Waals surface area contributed by atoms with E-state index in [0.717, 1.165) is 0 Å². The lowest BCUT2D eigenvalue weighted by Gasteiger charge is -2.10. The average Bonchev–Trinajstić information content (AvgIpc) is 2.67. The van der Waals surface area contributed by atoms with Crippen LogP contribution < -0.4 is 0 Å². The number of thioether (sulfide) groups is 1. The van der Waals surface area contributed by atoms with Crippen LogP contribution in [0.4, 0.5) is 17.6 Å². The summed E-state index contributed by atoms with van der Waals surface area (Å²) in [7, 11) is 1.62. The minimum Gasteiger partial charge on any atom is -0.279 e. The Morgan fingerprint density at radius 1 is 1.38 bits per heavy atom. The van der Waals surface area contributed by atoms with E-state index in [-0.39, 0.29) is 16.2 Å². The molecule has 0 bridgehead atoms. The van der Waals surface area contributed by atoms with Crippen LogP contribution in [0.5, 0.6) is 0 Å². The van der Waals surface area contributed by atoms with Crippen molar-refractivity contribution in [2.24, 2.45) is 7.05 Å². The molecule has 0 atom stereocenters. The second-order valence-corrected chi connectivity index (χ2v) is 5.80. The zero-order chi connectivity index (χ0) is 15.8. The quantitative estimate of drug-likeness (QED) is 0.516. The van der Waals surface area contributed by atoms with Crippen LogP contribution in [0.2, 0.25) is 0 Å². The number of aryl methyl sites for hydroxylation is 2. The fourth-order valence-electron chi connectivity index (χ4n) is 1.67. The van der Waals surface area contributed by atoms with Crippen molar-refractivity contribution in [1.82, 2.24) is 14.8 Å². The highest BCUT2D eigenvalue weighted by atomic mass is 32.2. The van der Waals surface area contributed by atoms with Gasteiger partial charge < -0.3 is 0 Å². The Kier molecular flexibility index (Phi) is 4.43. The molecule has 114 valence electrons. The molecular weight excluding hydrogens is 326 g/mol. The number of aromatic nitrogens is 3. The van der Waals surface area contributed by atoms with E-state index in [2.05, 4.69) is 10.1 Å². The summed E-state index contributed by atoms with van der Waals surface area (Å²) in [5, 5.41) is 2.75. The lowest BCUT2D eigenvalue weighted by atomic mass is 10.1. The smallest absolute Gasteiger partial charge is 0.279 e. The molecule has 1 aromatic heterocycles. The number of hydrogen-bond acceptors (Lipinski definition) is 3. The average molecular weight is 337 g/mol. The molecule has 1 N–H and O–H groups in total. The van der Waals surface area contributed by atoms with E-state index in [1.165, 1.54) is 16.8 Å². The van der Waals surface area contributed by atoms with Crippen molar-refractivity contribution in [1.29, 1.82) is 0 Å². The van der Waals surface area contributed by atoms with Gasteiger partial charge in [0.15, 0.2) is 5.82 Å². The number of hydrogen-bond donors (Lipinski definition) is 1. The first kappa shape index (κ1) is 16.0. The van der Waals surface area contributed by atoms with E-state index in [9.17, 15) is 17.6 Å². The molecule has 1 aromatic carbocycles. The van der Waals surface area contributed by atoms with Crippen LogP contribution in [0.3, 0.4) is 0 Å². The standard InChI is InChI=1S/C12H11F4N3S2/c1-6-3-8(13)7(10-17-11(20)19(2)18-10)4-9(6)21-5-12(14,15)16/h3-4H,5H2,1-2H3,(H,17,18,20). The van der Waals surface area contributed by atoms with Gasteiger partial charge in [0.1, 0.15) is 5.82 Å². The monoisotopic (exact) mass is 337 g/mol. The van der Waals surface area contributed by atoms with Crippen molar-refractivity contribution in [3.05, 3.63) is 28.3 Å². The number of aromatic amines is 1. The molecule has 2 aromatic rings. The maximum absolute atomic E-state index is 14.0. The second kappa shape index (κ2) is 5.80. The fourth-order valence-corrected chi connectivity index (χ4v) is 2.62. The van der Waals surface area contributed by atoms with Crippen molar-refractivity contribution < 1.29 is 17.6 Å². The molecule has 0 amide bonds.